The van der Waals surface area contributed by atoms with Crippen molar-refractivity contribution in [2.45, 2.75) is 90.1 Å². The number of aliphatic hydroxyl groups excluding tert-OH is 2. The highest BCUT2D eigenvalue weighted by molar-refractivity contribution is 7.88. The lowest BCUT2D eigenvalue weighted by atomic mass is 10.1. The summed E-state index contributed by atoms with van der Waals surface area (Å²) in [5.74, 6) is -0.611. The van der Waals surface area contributed by atoms with Crippen LogP contribution in [0.2, 0.25) is 0 Å². The van der Waals surface area contributed by atoms with Gasteiger partial charge in [0.1, 0.15) is 6.33 Å². The van der Waals surface area contributed by atoms with Crippen LogP contribution in [0.1, 0.15) is 66.2 Å². The SMILES string of the molecule is C[C@@H](N)CCO.C[C@H](CCO)N=[N+]=[N-].C[C@H](CCOOC1(C)CCCCO1)N=[N+]=[N-].[N-]=[N+]=NS(=O)(=O)n1ccnc1. The minimum Gasteiger partial charge on any atom is -0.396 e. The molecule has 2 heterocycles. The maximum absolute atomic E-state index is 10.8. The molecular weight excluding hydrogens is 564 g/mol. The molecule has 0 bridgehead atoms. The highest BCUT2D eigenvalue weighted by Gasteiger charge is 2.30. The van der Waals surface area contributed by atoms with Crippen LogP contribution in [0.15, 0.2) is 33.5 Å². The zero-order valence-corrected chi connectivity index (χ0v) is 24.7. The second kappa shape index (κ2) is 24.6. The Morgan fingerprint density at radius 2 is 1.68 bits per heavy atom. The standard InChI is InChI=1S/C10H19N3O3.C4H9N3O.C4H11NO.C3H3N5O2S/c1-9(12-13-11)5-8-15-16-10(2)6-3-4-7-14-10;1-4(2-3-8)6-7-5;1-4(5)2-3-6;4-6-7-11(9,10)8-2-1-5-3-8/h9H,3-8H2,1-2H3;4,8H,2-3H2,1H3;4,6H,2-3,5H2,1H3;1-3H/t9-,10?;2*4-;/m111./s1. The number of aliphatic hydroxyl groups is 2. The zero-order chi connectivity index (χ0) is 31.6. The summed E-state index contributed by atoms with van der Waals surface area (Å²) in [6.45, 7) is 8.75. The highest BCUT2D eigenvalue weighted by atomic mass is 32.2. The minimum atomic E-state index is -3.90. The Balaban J connectivity index is 0. The third-order valence-corrected chi connectivity index (χ3v) is 5.83. The molecule has 1 aliphatic rings. The van der Waals surface area contributed by atoms with E-state index in [-0.39, 0.29) is 31.3 Å². The van der Waals surface area contributed by atoms with Crippen molar-refractivity contribution in [3.05, 3.63) is 50.0 Å². The summed E-state index contributed by atoms with van der Waals surface area (Å²) in [6.07, 6.45) is 8.38. The van der Waals surface area contributed by atoms with Gasteiger partial charge in [0.15, 0.2) is 5.79 Å². The second-order valence-electron chi connectivity index (χ2n) is 8.78. The van der Waals surface area contributed by atoms with Gasteiger partial charge in [0.25, 0.3) is 0 Å². The van der Waals surface area contributed by atoms with Crippen molar-refractivity contribution in [3.63, 3.8) is 0 Å². The molecule has 1 saturated heterocycles. The normalized spacial score (nSPS) is 17.9. The summed E-state index contributed by atoms with van der Waals surface area (Å²) < 4.78 is 30.4. The van der Waals surface area contributed by atoms with Crippen molar-refractivity contribution in [3.8, 4) is 0 Å². The molecule has 0 saturated carbocycles. The molecule has 4 atom stereocenters. The van der Waals surface area contributed by atoms with E-state index in [1.165, 1.54) is 12.4 Å². The van der Waals surface area contributed by atoms with Gasteiger partial charge in [0.2, 0.25) is 0 Å². The fraction of sp³-hybridized carbons (Fsp3) is 0.857. The van der Waals surface area contributed by atoms with Crippen LogP contribution in [-0.4, -0.2) is 77.9 Å². The van der Waals surface area contributed by atoms with Gasteiger partial charge in [-0.05, 0) is 62.5 Å². The fourth-order valence-electron chi connectivity index (χ4n) is 2.51. The lowest BCUT2D eigenvalue weighted by molar-refractivity contribution is -0.430. The minimum absolute atomic E-state index is 0.0753. The zero-order valence-electron chi connectivity index (χ0n) is 23.9. The maximum atomic E-state index is 10.8. The van der Waals surface area contributed by atoms with E-state index >= 15 is 0 Å². The van der Waals surface area contributed by atoms with Crippen molar-refractivity contribution < 1.29 is 33.1 Å². The molecule has 2 rings (SSSR count). The quantitative estimate of drug-likeness (QED) is 0.0728. The van der Waals surface area contributed by atoms with Crippen LogP contribution < -0.4 is 5.73 Å². The van der Waals surface area contributed by atoms with E-state index in [1.807, 2.05) is 20.8 Å². The van der Waals surface area contributed by atoms with Crippen molar-refractivity contribution >= 4 is 10.2 Å². The summed E-state index contributed by atoms with van der Waals surface area (Å²) in [7, 11) is -3.90. The van der Waals surface area contributed by atoms with E-state index in [4.69, 9.17) is 47.1 Å². The first-order chi connectivity index (χ1) is 19.4. The van der Waals surface area contributed by atoms with Crippen molar-refractivity contribution in [2.75, 3.05) is 26.4 Å². The van der Waals surface area contributed by atoms with Gasteiger partial charge in [-0.2, -0.15) is 8.42 Å². The Kier molecular flexibility index (Phi) is 24.0. The van der Waals surface area contributed by atoms with Gasteiger partial charge >= 0.3 is 10.2 Å². The molecule has 20 heteroatoms. The van der Waals surface area contributed by atoms with Gasteiger partial charge < -0.3 is 20.7 Å². The number of hydrogen-bond acceptors (Lipinski definition) is 11. The Morgan fingerprint density at radius 1 is 1.07 bits per heavy atom. The topological polar surface area (TPSA) is 292 Å². The first kappa shape index (κ1) is 40.0. The van der Waals surface area contributed by atoms with Crippen LogP contribution in [0, 0.1) is 0 Å². The number of aromatic nitrogens is 2. The summed E-state index contributed by atoms with van der Waals surface area (Å²) in [6, 6.07) is -0.00585. The predicted molar refractivity (Wildman–Crippen MR) is 150 cm³/mol. The molecular formula is C21H42N12O7S. The largest absolute Gasteiger partial charge is 0.396 e. The Labute approximate surface area is 239 Å². The van der Waals surface area contributed by atoms with Crippen LogP contribution in [0.4, 0.5) is 0 Å². The average Bonchev–Trinajstić information content (AvgIpc) is 3.45. The summed E-state index contributed by atoms with van der Waals surface area (Å²) >= 11 is 0. The van der Waals surface area contributed by atoms with Crippen LogP contribution in [0.25, 0.3) is 31.3 Å². The number of rotatable bonds is 13. The molecule has 4 N–H and O–H groups in total. The number of azide groups is 3. The summed E-state index contributed by atoms with van der Waals surface area (Å²) in [5.41, 5.74) is 29.1. The monoisotopic (exact) mass is 606 g/mol. The third-order valence-electron chi connectivity index (χ3n) is 4.80. The van der Waals surface area contributed by atoms with Gasteiger partial charge in [-0.1, -0.05) is 24.1 Å². The van der Waals surface area contributed by atoms with Crippen LogP contribution in [-0.2, 0) is 24.7 Å². The van der Waals surface area contributed by atoms with Crippen LogP contribution in [0.5, 0.6) is 0 Å². The van der Waals surface area contributed by atoms with Gasteiger partial charge in [-0.3, -0.25) is 0 Å². The first-order valence-electron chi connectivity index (χ1n) is 12.7. The third kappa shape index (κ3) is 23.3. The van der Waals surface area contributed by atoms with Gasteiger partial charge in [-0.25, -0.2) is 18.7 Å². The molecule has 1 fully saturated rings. The van der Waals surface area contributed by atoms with Crippen molar-refractivity contribution in [1.82, 2.24) is 8.96 Å². The lowest BCUT2D eigenvalue weighted by Crippen LogP contribution is -2.36. The predicted octanol–water partition coefficient (Wildman–Crippen LogP) is 4.01. The first-order valence-corrected chi connectivity index (χ1v) is 14.1. The highest BCUT2D eigenvalue weighted by Crippen LogP contribution is 2.25. The molecule has 1 aromatic heterocycles. The number of ether oxygens (including phenoxy) is 1. The van der Waals surface area contributed by atoms with Gasteiger partial charge in [0.05, 0.1) is 17.7 Å². The summed E-state index contributed by atoms with van der Waals surface area (Å²) in [5, 5.41) is 23.3. The molecule has 0 aromatic carbocycles. The fourth-order valence-corrected chi connectivity index (χ4v) is 3.07. The Bertz CT molecular complexity index is 1030. The maximum Gasteiger partial charge on any atom is 0.329 e. The Hall–Kier alpha value is -3.15. The van der Waals surface area contributed by atoms with Crippen LogP contribution >= 0.6 is 0 Å². The molecule has 19 nitrogen and oxygen atoms in total. The molecule has 0 radical (unpaired) electrons. The lowest BCUT2D eigenvalue weighted by Gasteiger charge is -2.31. The molecule has 1 aromatic rings. The molecule has 1 aliphatic heterocycles. The van der Waals surface area contributed by atoms with E-state index in [0.29, 0.717) is 29.8 Å². The summed E-state index contributed by atoms with van der Waals surface area (Å²) in [4.78, 5) is 21.2. The number of imidazole rings is 1. The van der Waals surface area contributed by atoms with E-state index in [0.717, 1.165) is 32.2 Å². The van der Waals surface area contributed by atoms with Crippen molar-refractivity contribution in [1.29, 1.82) is 0 Å². The molecule has 41 heavy (non-hydrogen) atoms. The van der Waals surface area contributed by atoms with E-state index in [2.05, 4.69) is 34.5 Å². The van der Waals surface area contributed by atoms with E-state index in [9.17, 15) is 8.42 Å². The number of nitrogens with zero attached hydrogens (tertiary/aromatic N) is 11. The average molecular weight is 607 g/mol. The molecule has 0 amide bonds. The van der Waals surface area contributed by atoms with E-state index in [1.54, 1.807) is 6.92 Å². The van der Waals surface area contributed by atoms with Crippen molar-refractivity contribution in [2.24, 2.45) is 20.5 Å². The Morgan fingerprint density at radius 3 is 2.10 bits per heavy atom. The number of hydrogen-bond donors (Lipinski definition) is 3. The van der Waals surface area contributed by atoms with Gasteiger partial charge in [-0.15, -0.1) is 0 Å². The molecule has 0 spiro atoms. The second-order valence-corrected chi connectivity index (χ2v) is 10.3. The molecule has 0 aliphatic carbocycles. The van der Waals surface area contributed by atoms with Crippen LogP contribution in [0.3, 0.4) is 0 Å². The van der Waals surface area contributed by atoms with Gasteiger partial charge in [0, 0.05) is 64.9 Å². The molecule has 1 unspecified atom stereocenters. The number of nitrogens with two attached hydrogens (primary N) is 1. The smallest absolute Gasteiger partial charge is 0.329 e. The van der Waals surface area contributed by atoms with E-state index < -0.39 is 16.0 Å². The molecule has 234 valence electrons.